The van der Waals surface area contributed by atoms with E-state index in [4.69, 9.17) is 14.4 Å². The average Bonchev–Trinajstić information content (AvgIpc) is 1.61. The third kappa shape index (κ3) is 8.45. The molecule has 0 aliphatic heterocycles. The molecular formula is C88H54N6OS. The van der Waals surface area contributed by atoms with Crippen molar-refractivity contribution in [3.8, 4) is 56.4 Å². The van der Waals surface area contributed by atoms with Crippen molar-refractivity contribution in [3.05, 3.63) is 328 Å². The zero-order valence-corrected chi connectivity index (χ0v) is 52.5. The molecule has 8 aromatic heterocycles. The summed E-state index contributed by atoms with van der Waals surface area (Å²) in [6, 6.07) is 115. The number of hydrogen-bond acceptors (Lipinski definition) is 4. The smallest absolute Gasteiger partial charge is 0.138 e. The summed E-state index contributed by atoms with van der Waals surface area (Å²) in [4.78, 5) is 10.2. The fourth-order valence-electron chi connectivity index (χ4n) is 15.1. The van der Waals surface area contributed by atoms with Gasteiger partial charge >= 0.3 is 0 Å². The Morgan fingerprint density at radius 1 is 0.250 bits per heavy atom. The SMILES string of the molecule is c1ccc(-n2c3ccccc3c3cc(-c4ccc5c(c4)c4ccccc4n5-c4ccc(-c5ccc6oc7ccccc7c6c5)nc4)ccc32)cc1.c1ccc(-n2c3ccccc3c3cc(-c4ccc5c(c4)c4ccccc4n5-c4ccc5sc6ccccc6c5n4)ccc32)cc1. The molecule has 8 heterocycles. The minimum absolute atomic E-state index is 0.889. The number of para-hydroxylation sites is 7. The summed E-state index contributed by atoms with van der Waals surface area (Å²) in [5, 5.41) is 13.4. The zero-order valence-electron chi connectivity index (χ0n) is 51.7. The molecule has 0 N–H and O–H groups in total. The Hall–Kier alpha value is -12.6. The van der Waals surface area contributed by atoms with Crippen molar-refractivity contribution >= 4 is 141 Å². The van der Waals surface area contributed by atoms with Crippen LogP contribution in [0.5, 0.6) is 0 Å². The number of fused-ring (bicyclic) bond motifs is 18. The van der Waals surface area contributed by atoms with Crippen LogP contribution in [0.25, 0.3) is 186 Å². The van der Waals surface area contributed by atoms with Gasteiger partial charge in [-0.15, -0.1) is 11.3 Å². The van der Waals surface area contributed by atoms with Crippen LogP contribution in [0.15, 0.2) is 332 Å². The number of pyridine rings is 2. The van der Waals surface area contributed by atoms with Crippen molar-refractivity contribution in [2.45, 2.75) is 0 Å². The van der Waals surface area contributed by atoms with Gasteiger partial charge in [0.05, 0.1) is 71.9 Å². The molecule has 0 spiro atoms. The summed E-state index contributed by atoms with van der Waals surface area (Å²) in [7, 11) is 0. The van der Waals surface area contributed by atoms with Crippen LogP contribution < -0.4 is 0 Å². The molecule has 0 fully saturated rings. The Labute approximate surface area is 554 Å². The van der Waals surface area contributed by atoms with E-state index < -0.39 is 0 Å². The Morgan fingerprint density at radius 3 is 1.16 bits per heavy atom. The Kier molecular flexibility index (Phi) is 12.1. The van der Waals surface area contributed by atoms with Crippen molar-refractivity contribution in [2.75, 3.05) is 0 Å². The fraction of sp³-hybridized carbons (Fsp3) is 0. The van der Waals surface area contributed by atoms with Crippen LogP contribution in [0.2, 0.25) is 0 Å². The number of nitrogens with zero attached hydrogens (tertiary/aromatic N) is 6. The van der Waals surface area contributed by atoms with E-state index in [-0.39, 0.29) is 0 Å². The molecule has 448 valence electrons. The van der Waals surface area contributed by atoms with E-state index in [0.717, 1.165) is 72.3 Å². The normalized spacial score (nSPS) is 12.0. The predicted molar refractivity (Wildman–Crippen MR) is 402 cm³/mol. The van der Waals surface area contributed by atoms with Gasteiger partial charge in [-0.3, -0.25) is 9.55 Å². The average molecular weight is 1240 g/mol. The van der Waals surface area contributed by atoms with Crippen molar-refractivity contribution in [1.29, 1.82) is 0 Å². The summed E-state index contributed by atoms with van der Waals surface area (Å²) >= 11 is 1.80. The number of aromatic nitrogens is 6. The molecule has 7 nitrogen and oxygen atoms in total. The summed E-state index contributed by atoms with van der Waals surface area (Å²) in [6.45, 7) is 0. The highest BCUT2D eigenvalue weighted by Gasteiger charge is 2.21. The van der Waals surface area contributed by atoms with Gasteiger partial charge in [0.25, 0.3) is 0 Å². The first-order valence-electron chi connectivity index (χ1n) is 32.5. The van der Waals surface area contributed by atoms with E-state index in [2.05, 4.69) is 322 Å². The van der Waals surface area contributed by atoms with Crippen molar-refractivity contribution in [2.24, 2.45) is 0 Å². The molecule has 0 unspecified atom stereocenters. The van der Waals surface area contributed by atoms with Crippen LogP contribution in [0.1, 0.15) is 0 Å². The van der Waals surface area contributed by atoms with Crippen molar-refractivity contribution in [3.63, 3.8) is 0 Å². The van der Waals surface area contributed by atoms with Gasteiger partial charge in [0, 0.05) is 80.9 Å². The number of hydrogen-bond donors (Lipinski definition) is 0. The minimum Gasteiger partial charge on any atom is -0.456 e. The highest BCUT2D eigenvalue weighted by Crippen LogP contribution is 2.43. The summed E-state index contributed by atoms with van der Waals surface area (Å²) in [6.07, 6.45) is 1.99. The Bertz CT molecular complexity index is 6700. The monoisotopic (exact) mass is 1240 g/mol. The van der Waals surface area contributed by atoms with Crippen molar-refractivity contribution in [1.82, 2.24) is 28.2 Å². The topological polar surface area (TPSA) is 58.6 Å². The highest BCUT2D eigenvalue weighted by atomic mass is 32.1. The zero-order chi connectivity index (χ0) is 63.0. The lowest BCUT2D eigenvalue weighted by Gasteiger charge is -2.10. The summed E-state index contributed by atoms with van der Waals surface area (Å²) in [5.41, 5.74) is 22.5. The van der Waals surface area contributed by atoms with Gasteiger partial charge in [0.2, 0.25) is 0 Å². The molecule has 0 aliphatic carbocycles. The molecule has 0 bridgehead atoms. The molecule has 0 radical (unpaired) electrons. The first-order chi connectivity index (χ1) is 47.6. The summed E-state index contributed by atoms with van der Waals surface area (Å²) < 4.78 is 17.9. The van der Waals surface area contributed by atoms with Crippen LogP contribution in [-0.2, 0) is 0 Å². The van der Waals surface area contributed by atoms with E-state index in [9.17, 15) is 0 Å². The molecule has 0 saturated carbocycles. The van der Waals surface area contributed by atoms with Gasteiger partial charge in [-0.25, -0.2) is 4.98 Å². The predicted octanol–water partition coefficient (Wildman–Crippen LogP) is 23.8. The van der Waals surface area contributed by atoms with E-state index in [1.54, 1.807) is 11.3 Å². The fourth-order valence-corrected chi connectivity index (χ4v) is 16.2. The van der Waals surface area contributed by atoms with E-state index in [1.807, 2.05) is 24.4 Å². The first kappa shape index (κ1) is 54.0. The molecular weight excluding hydrogens is 1190 g/mol. The van der Waals surface area contributed by atoms with Gasteiger partial charge in [0.1, 0.15) is 17.0 Å². The van der Waals surface area contributed by atoms with Crippen LogP contribution in [0.4, 0.5) is 0 Å². The number of benzene rings is 13. The second kappa shape index (κ2) is 21.5. The second-order valence-corrected chi connectivity index (χ2v) is 25.9. The van der Waals surface area contributed by atoms with Gasteiger partial charge in [-0.1, -0.05) is 170 Å². The van der Waals surface area contributed by atoms with E-state index in [1.165, 1.54) is 114 Å². The Morgan fingerprint density at radius 2 is 0.646 bits per heavy atom. The molecule has 96 heavy (non-hydrogen) atoms. The van der Waals surface area contributed by atoms with Gasteiger partial charge < -0.3 is 18.1 Å². The first-order valence-corrected chi connectivity index (χ1v) is 33.3. The lowest BCUT2D eigenvalue weighted by molar-refractivity contribution is 0.669. The molecule has 21 rings (SSSR count). The van der Waals surface area contributed by atoms with Crippen LogP contribution in [0.3, 0.4) is 0 Å². The maximum Gasteiger partial charge on any atom is 0.138 e. The second-order valence-electron chi connectivity index (χ2n) is 24.8. The molecule has 0 atom stereocenters. The quantitative estimate of drug-likeness (QED) is 0.160. The molecule has 0 amide bonds. The van der Waals surface area contributed by atoms with E-state index in [0.29, 0.717) is 0 Å². The minimum atomic E-state index is 0.889. The molecule has 0 aliphatic rings. The third-order valence-electron chi connectivity index (χ3n) is 19.5. The molecule has 8 heteroatoms. The van der Waals surface area contributed by atoms with E-state index >= 15 is 0 Å². The third-order valence-corrected chi connectivity index (χ3v) is 20.6. The van der Waals surface area contributed by atoms with Gasteiger partial charge in [-0.05, 0) is 174 Å². The molecule has 21 aromatic rings. The maximum atomic E-state index is 6.06. The number of thiophene rings is 1. The molecule has 13 aromatic carbocycles. The van der Waals surface area contributed by atoms with Gasteiger partial charge in [-0.2, -0.15) is 0 Å². The van der Waals surface area contributed by atoms with Crippen LogP contribution in [-0.4, -0.2) is 28.2 Å². The maximum absolute atomic E-state index is 6.06. The van der Waals surface area contributed by atoms with Crippen molar-refractivity contribution < 1.29 is 4.42 Å². The summed E-state index contributed by atoms with van der Waals surface area (Å²) in [5.74, 6) is 0.945. The Balaban J connectivity index is 0.000000132. The lowest BCUT2D eigenvalue weighted by atomic mass is 10.0. The lowest BCUT2D eigenvalue weighted by Crippen LogP contribution is -1.97. The van der Waals surface area contributed by atoms with Gasteiger partial charge in [0.15, 0.2) is 0 Å². The number of furan rings is 1. The van der Waals surface area contributed by atoms with Crippen LogP contribution in [0, 0.1) is 0 Å². The standard InChI is InChI=1S/C47H29N3O.C41H25N3S/c1-2-10-33(11-3-1)49-42-15-7-4-12-35(42)38-26-30(18-23-44(38)49)31-19-24-45-39(27-31)36-13-5-8-16-43(36)50(45)34-21-22-41(48-29-34)32-20-25-47-40(28-32)37-14-6-9-17-46(37)51-47;1-2-10-28(11-3-1)43-34-15-7-4-12-29(34)32-24-26(18-20-36(32)43)27-19-21-37-33(25-27)30-13-5-8-16-35(30)44(37)40-23-22-39-41(42-40)31-14-6-9-17-38(31)45-39/h1-29H;1-25H. The number of rotatable bonds is 7. The highest BCUT2D eigenvalue weighted by molar-refractivity contribution is 7.25. The largest absolute Gasteiger partial charge is 0.456 e. The molecule has 0 saturated heterocycles. The van der Waals surface area contributed by atoms with Crippen LogP contribution >= 0.6 is 11.3 Å².